The third-order valence-corrected chi connectivity index (χ3v) is 5.42. The van der Waals surface area contributed by atoms with Crippen LogP contribution in [0.5, 0.6) is 0 Å². The molecule has 4 rings (SSSR count). The second-order valence-electron chi connectivity index (χ2n) is 7.86. The normalized spacial score (nSPS) is 13.3. The van der Waals surface area contributed by atoms with Crippen molar-refractivity contribution in [1.82, 2.24) is 9.55 Å². The molecule has 2 atom stereocenters. The van der Waals surface area contributed by atoms with Gasteiger partial charge in [0.1, 0.15) is 6.10 Å². The number of hydrogen-bond donors (Lipinski definition) is 1. The lowest BCUT2D eigenvalue weighted by Crippen LogP contribution is -2.30. The molecule has 1 heterocycles. The second kappa shape index (κ2) is 9.25. The third kappa shape index (κ3) is 4.74. The van der Waals surface area contributed by atoms with E-state index in [9.17, 15) is 9.90 Å². The molecule has 0 saturated heterocycles. The number of aliphatic hydroxyl groups excluding tert-OH is 1. The molecule has 0 fully saturated rings. The van der Waals surface area contributed by atoms with E-state index in [1.165, 1.54) is 10.9 Å². The predicted molar refractivity (Wildman–Crippen MR) is 122 cm³/mol. The third-order valence-electron chi connectivity index (χ3n) is 5.42. The fourth-order valence-electron chi connectivity index (χ4n) is 3.76. The summed E-state index contributed by atoms with van der Waals surface area (Å²) in [6, 6.07) is 23.6. The highest BCUT2D eigenvalue weighted by Gasteiger charge is 2.19. The molecule has 31 heavy (non-hydrogen) atoms. The summed E-state index contributed by atoms with van der Waals surface area (Å²) in [4.78, 5) is 17.2. The molecule has 1 N–H and O–H groups in total. The number of nitrogens with zero attached hydrogens (tertiary/aromatic N) is 2. The Morgan fingerprint density at radius 2 is 1.74 bits per heavy atom. The highest BCUT2D eigenvalue weighted by atomic mass is 16.5. The second-order valence-corrected chi connectivity index (χ2v) is 7.86. The predicted octanol–water partition coefficient (Wildman–Crippen LogP) is 4.18. The van der Waals surface area contributed by atoms with E-state index in [1.54, 1.807) is 0 Å². The highest BCUT2D eigenvalue weighted by molar-refractivity contribution is 5.77. The average molecular weight is 415 g/mol. The van der Waals surface area contributed by atoms with Crippen LogP contribution in [0.15, 0.2) is 83.9 Å². The molecular weight excluding hydrogens is 388 g/mol. The maximum atomic E-state index is 12.8. The SMILES string of the molecule is Cc1ccc2ncn(CC(O)COC(c3ccccc3)c3ccccc3C)c(=O)c2c1. The minimum absolute atomic E-state index is 0.0895. The van der Waals surface area contributed by atoms with Gasteiger partial charge in [0.05, 0.1) is 36.5 Å². The molecule has 0 bridgehead atoms. The molecule has 4 aromatic rings. The zero-order chi connectivity index (χ0) is 21.8. The number of ether oxygens (including phenoxy) is 1. The number of aryl methyl sites for hydroxylation is 2. The number of hydrogen-bond acceptors (Lipinski definition) is 4. The van der Waals surface area contributed by atoms with Gasteiger partial charge in [-0.15, -0.1) is 0 Å². The summed E-state index contributed by atoms with van der Waals surface area (Å²) in [6.45, 7) is 4.19. The Bertz CT molecular complexity index is 1230. The summed E-state index contributed by atoms with van der Waals surface area (Å²) in [6.07, 6.45) is 0.335. The molecule has 0 amide bonds. The zero-order valence-electron chi connectivity index (χ0n) is 17.7. The van der Waals surface area contributed by atoms with Crippen molar-refractivity contribution < 1.29 is 9.84 Å². The zero-order valence-corrected chi connectivity index (χ0v) is 17.7. The first-order valence-corrected chi connectivity index (χ1v) is 10.4. The van der Waals surface area contributed by atoms with Crippen molar-refractivity contribution in [2.24, 2.45) is 0 Å². The lowest BCUT2D eigenvalue weighted by molar-refractivity contribution is -0.00119. The van der Waals surface area contributed by atoms with Crippen molar-refractivity contribution >= 4 is 10.9 Å². The van der Waals surface area contributed by atoms with E-state index in [4.69, 9.17) is 4.74 Å². The summed E-state index contributed by atoms with van der Waals surface area (Å²) >= 11 is 0. The fraction of sp³-hybridized carbons (Fsp3) is 0.231. The van der Waals surface area contributed by atoms with Gasteiger partial charge in [0.2, 0.25) is 0 Å². The van der Waals surface area contributed by atoms with E-state index < -0.39 is 6.10 Å². The molecule has 1 aromatic heterocycles. The van der Waals surface area contributed by atoms with Gasteiger partial charge in [0.25, 0.3) is 5.56 Å². The van der Waals surface area contributed by atoms with Gasteiger partial charge in [-0.05, 0) is 42.7 Å². The first-order valence-electron chi connectivity index (χ1n) is 10.4. The van der Waals surface area contributed by atoms with E-state index >= 15 is 0 Å². The van der Waals surface area contributed by atoms with Gasteiger partial charge in [-0.2, -0.15) is 0 Å². The van der Waals surface area contributed by atoms with E-state index in [1.807, 2.05) is 86.6 Å². The van der Waals surface area contributed by atoms with Crippen molar-refractivity contribution in [3.63, 3.8) is 0 Å². The summed E-state index contributed by atoms with van der Waals surface area (Å²) < 4.78 is 7.64. The van der Waals surface area contributed by atoms with Crippen molar-refractivity contribution in [1.29, 1.82) is 0 Å². The number of benzene rings is 3. The maximum Gasteiger partial charge on any atom is 0.261 e. The summed E-state index contributed by atoms with van der Waals surface area (Å²) in [7, 11) is 0. The Morgan fingerprint density at radius 1 is 1.00 bits per heavy atom. The Hall–Kier alpha value is -3.28. The first-order chi connectivity index (χ1) is 15.0. The summed E-state index contributed by atoms with van der Waals surface area (Å²) in [5.74, 6) is 0. The molecule has 158 valence electrons. The molecular formula is C26H26N2O3. The Labute approximate surface area is 181 Å². The van der Waals surface area contributed by atoms with Crippen molar-refractivity contribution in [2.75, 3.05) is 6.61 Å². The lowest BCUT2D eigenvalue weighted by atomic mass is 9.97. The number of rotatable bonds is 7. The molecule has 0 saturated carbocycles. The molecule has 0 aliphatic rings. The first kappa shape index (κ1) is 21.0. The van der Waals surface area contributed by atoms with Crippen LogP contribution in [-0.4, -0.2) is 27.4 Å². The van der Waals surface area contributed by atoms with Gasteiger partial charge >= 0.3 is 0 Å². The van der Waals surface area contributed by atoms with Crippen LogP contribution in [0.25, 0.3) is 10.9 Å². The van der Waals surface area contributed by atoms with Gasteiger partial charge in [-0.3, -0.25) is 9.36 Å². The van der Waals surface area contributed by atoms with E-state index in [0.29, 0.717) is 10.9 Å². The van der Waals surface area contributed by atoms with Crippen LogP contribution in [0.2, 0.25) is 0 Å². The molecule has 0 radical (unpaired) electrons. The van der Waals surface area contributed by atoms with Crippen LogP contribution in [0.1, 0.15) is 28.4 Å². The summed E-state index contributed by atoms with van der Waals surface area (Å²) in [5, 5.41) is 11.2. The van der Waals surface area contributed by atoms with Crippen molar-refractivity contribution in [3.8, 4) is 0 Å². The number of aliphatic hydroxyl groups is 1. The molecule has 0 aliphatic heterocycles. The largest absolute Gasteiger partial charge is 0.389 e. The van der Waals surface area contributed by atoms with Gasteiger partial charge in [0.15, 0.2) is 0 Å². The van der Waals surface area contributed by atoms with Crippen molar-refractivity contribution in [3.05, 3.63) is 112 Å². The quantitative estimate of drug-likeness (QED) is 0.493. The molecule has 0 spiro atoms. The highest BCUT2D eigenvalue weighted by Crippen LogP contribution is 2.28. The van der Waals surface area contributed by atoms with Gasteiger partial charge in [0, 0.05) is 0 Å². The van der Waals surface area contributed by atoms with Crippen LogP contribution < -0.4 is 5.56 Å². The Kier molecular flexibility index (Phi) is 6.26. The van der Waals surface area contributed by atoms with Crippen LogP contribution in [0.4, 0.5) is 0 Å². The fourth-order valence-corrected chi connectivity index (χ4v) is 3.76. The van der Waals surface area contributed by atoms with Crippen molar-refractivity contribution in [2.45, 2.75) is 32.6 Å². The van der Waals surface area contributed by atoms with Crippen LogP contribution in [-0.2, 0) is 11.3 Å². The van der Waals surface area contributed by atoms with Crippen LogP contribution in [0.3, 0.4) is 0 Å². The maximum absolute atomic E-state index is 12.8. The monoisotopic (exact) mass is 414 g/mol. The number of aromatic nitrogens is 2. The molecule has 0 aliphatic carbocycles. The van der Waals surface area contributed by atoms with E-state index in [2.05, 4.69) is 4.98 Å². The van der Waals surface area contributed by atoms with Crippen LogP contribution >= 0.6 is 0 Å². The van der Waals surface area contributed by atoms with E-state index in [-0.39, 0.29) is 24.8 Å². The number of fused-ring (bicyclic) bond motifs is 1. The lowest BCUT2D eigenvalue weighted by Gasteiger charge is -2.23. The van der Waals surface area contributed by atoms with Gasteiger partial charge < -0.3 is 9.84 Å². The minimum atomic E-state index is -0.850. The van der Waals surface area contributed by atoms with Crippen LogP contribution in [0, 0.1) is 13.8 Å². The average Bonchev–Trinajstić information content (AvgIpc) is 2.78. The molecule has 2 unspecified atom stereocenters. The van der Waals surface area contributed by atoms with Gasteiger partial charge in [-0.1, -0.05) is 66.2 Å². The standard InChI is InChI=1S/C26H26N2O3/c1-18-12-13-24-23(14-18)26(30)28(17-27-24)15-21(29)16-31-25(20-9-4-3-5-10-20)22-11-7-6-8-19(22)2/h3-14,17,21,25,29H,15-16H2,1-2H3. The van der Waals surface area contributed by atoms with Gasteiger partial charge in [-0.25, -0.2) is 4.98 Å². The smallest absolute Gasteiger partial charge is 0.261 e. The molecule has 5 heteroatoms. The minimum Gasteiger partial charge on any atom is -0.389 e. The summed E-state index contributed by atoms with van der Waals surface area (Å²) in [5.41, 5.74) is 4.69. The molecule has 5 nitrogen and oxygen atoms in total. The van der Waals surface area contributed by atoms with E-state index in [0.717, 1.165) is 22.3 Å². The Morgan fingerprint density at radius 3 is 2.52 bits per heavy atom. The Balaban J connectivity index is 1.53. The topological polar surface area (TPSA) is 64.3 Å². The molecule has 3 aromatic carbocycles.